The van der Waals surface area contributed by atoms with Crippen LogP contribution in [0.2, 0.25) is 0 Å². The maximum Gasteiger partial charge on any atom is 0.298 e. The van der Waals surface area contributed by atoms with Crippen LogP contribution in [0, 0.1) is 0 Å². The summed E-state index contributed by atoms with van der Waals surface area (Å²) in [6.45, 7) is 3.73. The fourth-order valence-electron chi connectivity index (χ4n) is 0.625. The molecule has 0 aliphatic heterocycles. The molecule has 0 amide bonds. The van der Waals surface area contributed by atoms with Crippen molar-refractivity contribution in [3.8, 4) is 0 Å². The smallest absolute Gasteiger partial charge is 0.262 e. The minimum atomic E-state index is -3.80. The van der Waals surface area contributed by atoms with Gasteiger partial charge in [-0.25, -0.2) is 13.4 Å². The van der Waals surface area contributed by atoms with Gasteiger partial charge in [-0.15, -0.1) is 5.10 Å². The van der Waals surface area contributed by atoms with E-state index in [-0.39, 0.29) is 11.1 Å². The van der Waals surface area contributed by atoms with Gasteiger partial charge < -0.3 is 0 Å². The molecular formula is C5H8ClN3O2S. The highest BCUT2D eigenvalue weighted by molar-refractivity contribution is 8.13. The quantitative estimate of drug-likeness (QED) is 0.733. The highest BCUT2D eigenvalue weighted by atomic mass is 35.7. The molecule has 0 atom stereocenters. The SMILES string of the molecule is CC(C)c1nc(S(=O)(=O)Cl)n[nH]1. The number of halogens is 1. The largest absolute Gasteiger partial charge is 0.298 e. The Bertz CT molecular complexity index is 370. The van der Waals surface area contributed by atoms with E-state index in [1.54, 1.807) is 0 Å². The molecule has 0 aromatic carbocycles. The number of nitrogens with zero attached hydrogens (tertiary/aromatic N) is 2. The summed E-state index contributed by atoms with van der Waals surface area (Å²) in [7, 11) is 1.21. The van der Waals surface area contributed by atoms with E-state index in [1.165, 1.54) is 0 Å². The average Bonchev–Trinajstić information content (AvgIpc) is 2.30. The van der Waals surface area contributed by atoms with Gasteiger partial charge in [0.25, 0.3) is 14.2 Å². The molecule has 1 rings (SSSR count). The van der Waals surface area contributed by atoms with Crippen LogP contribution in [0.15, 0.2) is 5.16 Å². The molecule has 0 saturated carbocycles. The summed E-state index contributed by atoms with van der Waals surface area (Å²) >= 11 is 0. The zero-order chi connectivity index (χ0) is 9.35. The molecule has 1 aromatic heterocycles. The molecule has 0 aliphatic carbocycles. The lowest BCUT2D eigenvalue weighted by Crippen LogP contribution is -1.94. The fraction of sp³-hybridized carbons (Fsp3) is 0.600. The van der Waals surface area contributed by atoms with Gasteiger partial charge in [-0.2, -0.15) is 0 Å². The zero-order valence-electron chi connectivity index (χ0n) is 6.57. The number of hydrogen-bond acceptors (Lipinski definition) is 4. The summed E-state index contributed by atoms with van der Waals surface area (Å²) in [5, 5.41) is 5.57. The van der Waals surface area contributed by atoms with E-state index in [4.69, 9.17) is 10.7 Å². The molecule has 1 heterocycles. The summed E-state index contributed by atoms with van der Waals surface area (Å²) in [6, 6.07) is 0. The summed E-state index contributed by atoms with van der Waals surface area (Å²) in [6.07, 6.45) is 0. The molecule has 1 aromatic rings. The second-order valence-electron chi connectivity index (χ2n) is 2.60. The number of nitrogens with one attached hydrogen (secondary N) is 1. The molecule has 7 heteroatoms. The number of rotatable bonds is 2. The molecule has 0 radical (unpaired) electrons. The molecule has 0 unspecified atom stereocenters. The Morgan fingerprint density at radius 2 is 2.08 bits per heavy atom. The van der Waals surface area contributed by atoms with Crippen molar-refractivity contribution in [3.05, 3.63) is 5.82 Å². The van der Waals surface area contributed by atoms with E-state index in [2.05, 4.69) is 15.2 Å². The van der Waals surface area contributed by atoms with E-state index < -0.39 is 9.05 Å². The van der Waals surface area contributed by atoms with Crippen molar-refractivity contribution in [1.29, 1.82) is 0 Å². The lowest BCUT2D eigenvalue weighted by molar-refractivity contribution is 0.601. The highest BCUT2D eigenvalue weighted by Crippen LogP contribution is 2.13. The fourth-order valence-corrected chi connectivity index (χ4v) is 1.19. The van der Waals surface area contributed by atoms with Crippen LogP contribution < -0.4 is 0 Å². The van der Waals surface area contributed by atoms with Gasteiger partial charge in [0, 0.05) is 16.6 Å². The number of H-pyrrole nitrogens is 1. The van der Waals surface area contributed by atoms with Gasteiger partial charge in [0.15, 0.2) is 0 Å². The third-order valence-corrected chi connectivity index (χ3v) is 2.28. The van der Waals surface area contributed by atoms with Crippen molar-refractivity contribution in [2.24, 2.45) is 0 Å². The number of aromatic amines is 1. The monoisotopic (exact) mass is 209 g/mol. The number of hydrogen-bond donors (Lipinski definition) is 1. The third kappa shape index (κ3) is 1.95. The van der Waals surface area contributed by atoms with Crippen molar-refractivity contribution in [1.82, 2.24) is 15.2 Å². The van der Waals surface area contributed by atoms with Gasteiger partial charge in [0.05, 0.1) is 0 Å². The molecule has 1 N–H and O–H groups in total. The molecule has 0 spiro atoms. The topological polar surface area (TPSA) is 75.7 Å². The van der Waals surface area contributed by atoms with Crippen LogP contribution >= 0.6 is 10.7 Å². The summed E-state index contributed by atoms with van der Waals surface area (Å²) in [5.41, 5.74) is 0. The molecule has 68 valence electrons. The third-order valence-electron chi connectivity index (χ3n) is 1.25. The van der Waals surface area contributed by atoms with Crippen molar-refractivity contribution < 1.29 is 8.42 Å². The van der Waals surface area contributed by atoms with Crippen LogP contribution in [0.3, 0.4) is 0 Å². The lowest BCUT2D eigenvalue weighted by atomic mass is 10.2. The standard InChI is InChI=1S/C5H8ClN3O2S/c1-3(2)4-7-5(9-8-4)12(6,10)11/h3H,1-2H3,(H,7,8,9). The Kier molecular flexibility index (Phi) is 2.39. The first-order valence-corrected chi connectivity index (χ1v) is 5.59. The predicted octanol–water partition coefficient (Wildman–Crippen LogP) is 0.856. The van der Waals surface area contributed by atoms with Gasteiger partial charge in [-0.05, 0) is 0 Å². The Morgan fingerprint density at radius 3 is 2.33 bits per heavy atom. The van der Waals surface area contributed by atoms with E-state index in [0.29, 0.717) is 5.82 Å². The Hall–Kier alpha value is -0.620. The van der Waals surface area contributed by atoms with Crippen molar-refractivity contribution in [3.63, 3.8) is 0 Å². The maximum absolute atomic E-state index is 10.7. The second-order valence-corrected chi connectivity index (χ2v) is 5.06. The first-order chi connectivity index (χ1) is 5.41. The highest BCUT2D eigenvalue weighted by Gasteiger charge is 2.17. The van der Waals surface area contributed by atoms with E-state index in [1.807, 2.05) is 13.8 Å². The maximum atomic E-state index is 10.7. The minimum absolute atomic E-state index is 0.102. The van der Waals surface area contributed by atoms with Gasteiger partial charge in [-0.3, -0.25) is 5.10 Å². The van der Waals surface area contributed by atoms with E-state index in [9.17, 15) is 8.42 Å². The van der Waals surface area contributed by atoms with Gasteiger partial charge in [0.1, 0.15) is 5.82 Å². The average molecular weight is 210 g/mol. The molecule has 0 fully saturated rings. The van der Waals surface area contributed by atoms with E-state index >= 15 is 0 Å². The molecule has 0 bridgehead atoms. The summed E-state index contributed by atoms with van der Waals surface area (Å²) in [5.74, 6) is 0.610. The first kappa shape index (κ1) is 9.47. The lowest BCUT2D eigenvalue weighted by Gasteiger charge is -1.94. The molecule has 0 saturated heterocycles. The van der Waals surface area contributed by atoms with Crippen molar-refractivity contribution in [2.45, 2.75) is 24.9 Å². The normalized spacial score (nSPS) is 12.3. The Labute approximate surface area is 74.6 Å². The van der Waals surface area contributed by atoms with Crippen molar-refractivity contribution >= 4 is 19.7 Å². The van der Waals surface area contributed by atoms with Gasteiger partial charge in [0.2, 0.25) is 0 Å². The predicted molar refractivity (Wildman–Crippen MR) is 43.5 cm³/mol. The Balaban J connectivity index is 3.09. The minimum Gasteiger partial charge on any atom is -0.262 e. The van der Waals surface area contributed by atoms with Crippen LogP contribution in [0.25, 0.3) is 0 Å². The van der Waals surface area contributed by atoms with Crippen LogP contribution in [-0.4, -0.2) is 23.6 Å². The molecule has 12 heavy (non-hydrogen) atoms. The van der Waals surface area contributed by atoms with Crippen LogP contribution in [-0.2, 0) is 9.05 Å². The second kappa shape index (κ2) is 3.02. The molecule has 5 nitrogen and oxygen atoms in total. The Morgan fingerprint density at radius 1 is 1.50 bits per heavy atom. The summed E-state index contributed by atoms with van der Waals surface area (Å²) < 4.78 is 21.4. The molecular weight excluding hydrogens is 202 g/mol. The van der Waals surface area contributed by atoms with Crippen LogP contribution in [0.5, 0.6) is 0 Å². The summed E-state index contributed by atoms with van der Waals surface area (Å²) in [4.78, 5) is 3.69. The first-order valence-electron chi connectivity index (χ1n) is 3.28. The van der Waals surface area contributed by atoms with Crippen LogP contribution in [0.1, 0.15) is 25.6 Å². The van der Waals surface area contributed by atoms with Gasteiger partial charge >= 0.3 is 0 Å². The van der Waals surface area contributed by atoms with E-state index in [0.717, 1.165) is 0 Å². The number of aromatic nitrogens is 3. The zero-order valence-corrected chi connectivity index (χ0v) is 8.15. The van der Waals surface area contributed by atoms with Crippen molar-refractivity contribution in [2.75, 3.05) is 0 Å². The molecule has 0 aliphatic rings. The van der Waals surface area contributed by atoms with Gasteiger partial charge in [-0.1, -0.05) is 13.8 Å². The van der Waals surface area contributed by atoms with Crippen LogP contribution in [0.4, 0.5) is 0 Å².